The number of fused-ring (bicyclic) bond motifs is 1. The van der Waals surface area contributed by atoms with Crippen LogP contribution in [-0.4, -0.2) is 29.8 Å². The molecular weight excluding hydrogens is 456 g/mol. The molecule has 2 aromatic carbocycles. The Balaban J connectivity index is 1.43. The average molecular weight is 481 g/mol. The molecule has 0 bridgehead atoms. The predicted molar refractivity (Wildman–Crippen MR) is 137 cm³/mol. The van der Waals surface area contributed by atoms with Crippen molar-refractivity contribution in [2.45, 2.75) is 13.1 Å². The highest BCUT2D eigenvalue weighted by atomic mass is 16.2. The van der Waals surface area contributed by atoms with E-state index in [1.54, 1.807) is 0 Å². The minimum Gasteiger partial charge on any atom is -0.348 e. The molecule has 0 aliphatic rings. The molecule has 0 spiro atoms. The van der Waals surface area contributed by atoms with Crippen LogP contribution in [-0.2, 0) is 27.2 Å². The first-order chi connectivity index (χ1) is 17.4. The van der Waals surface area contributed by atoms with Gasteiger partial charge in [0.1, 0.15) is 5.65 Å². The van der Waals surface area contributed by atoms with Gasteiger partial charge in [-0.3, -0.25) is 23.4 Å². The molecule has 0 unspecified atom stereocenters. The van der Waals surface area contributed by atoms with Gasteiger partial charge in [0.05, 0.1) is 23.2 Å². The fourth-order valence-corrected chi connectivity index (χ4v) is 4.15. The van der Waals surface area contributed by atoms with Gasteiger partial charge >= 0.3 is 5.69 Å². The summed E-state index contributed by atoms with van der Waals surface area (Å²) in [6, 6.07) is 21.3. The molecule has 0 fully saturated rings. The molecule has 0 saturated carbocycles. The summed E-state index contributed by atoms with van der Waals surface area (Å²) in [4.78, 5) is 41.9. The lowest BCUT2D eigenvalue weighted by molar-refractivity contribution is 0.0950. The Labute approximate surface area is 206 Å². The van der Waals surface area contributed by atoms with Crippen LogP contribution in [0, 0.1) is 0 Å². The monoisotopic (exact) mass is 480 g/mol. The highest BCUT2D eigenvalue weighted by Gasteiger charge is 2.16. The van der Waals surface area contributed by atoms with Crippen LogP contribution in [0.2, 0.25) is 0 Å². The number of amides is 1. The molecule has 0 saturated heterocycles. The van der Waals surface area contributed by atoms with Gasteiger partial charge in [-0.2, -0.15) is 5.10 Å². The lowest BCUT2D eigenvalue weighted by atomic mass is 10.1. The fraction of sp³-hybridized carbons (Fsp3) is 0.148. The van der Waals surface area contributed by atoms with Crippen molar-refractivity contribution >= 4 is 16.9 Å². The van der Waals surface area contributed by atoms with E-state index in [1.807, 2.05) is 71.5 Å². The first kappa shape index (κ1) is 23.0. The van der Waals surface area contributed by atoms with Crippen molar-refractivity contribution in [3.63, 3.8) is 0 Å². The van der Waals surface area contributed by atoms with Crippen LogP contribution < -0.4 is 16.6 Å². The fourth-order valence-electron chi connectivity index (χ4n) is 4.15. The minimum atomic E-state index is -0.496. The molecule has 180 valence electrons. The molecule has 9 heteroatoms. The molecule has 3 aromatic heterocycles. The quantitative estimate of drug-likeness (QED) is 0.402. The summed E-state index contributed by atoms with van der Waals surface area (Å²) in [6.45, 7) is 0.840. The van der Waals surface area contributed by atoms with Crippen molar-refractivity contribution < 1.29 is 4.79 Å². The summed E-state index contributed by atoms with van der Waals surface area (Å²) in [5.74, 6) is -0.380. The van der Waals surface area contributed by atoms with Crippen LogP contribution in [0.3, 0.4) is 0 Å². The highest BCUT2D eigenvalue weighted by molar-refractivity contribution is 5.96. The van der Waals surface area contributed by atoms with Crippen LogP contribution in [0.4, 0.5) is 0 Å². The third kappa shape index (κ3) is 4.34. The summed E-state index contributed by atoms with van der Waals surface area (Å²) in [7, 11) is 2.93. The predicted octanol–water partition coefficient (Wildman–Crippen LogP) is 2.47. The summed E-state index contributed by atoms with van der Waals surface area (Å²) in [5, 5.41) is 7.90. The molecule has 5 aromatic rings. The van der Waals surface area contributed by atoms with E-state index in [0.29, 0.717) is 6.54 Å². The number of nitrogens with zero attached hydrogens (tertiary/aromatic N) is 5. The molecule has 0 aliphatic heterocycles. The summed E-state index contributed by atoms with van der Waals surface area (Å²) >= 11 is 0. The van der Waals surface area contributed by atoms with Crippen molar-refractivity contribution in [1.82, 2.24) is 29.2 Å². The molecule has 5 rings (SSSR count). The zero-order chi connectivity index (χ0) is 25.2. The van der Waals surface area contributed by atoms with Crippen LogP contribution >= 0.6 is 0 Å². The number of hydrogen-bond donors (Lipinski definition) is 1. The zero-order valence-corrected chi connectivity index (χ0v) is 19.9. The Kier molecular flexibility index (Phi) is 6.03. The topological polar surface area (TPSA) is 104 Å². The number of benzene rings is 2. The molecule has 0 atom stereocenters. The molecular formula is C27H24N6O3. The summed E-state index contributed by atoms with van der Waals surface area (Å²) in [6.07, 6.45) is 3.30. The van der Waals surface area contributed by atoms with Gasteiger partial charge in [-0.25, -0.2) is 9.78 Å². The smallest absolute Gasteiger partial charge is 0.332 e. The van der Waals surface area contributed by atoms with Crippen molar-refractivity contribution in [3.05, 3.63) is 117 Å². The first-order valence-electron chi connectivity index (χ1n) is 11.4. The number of aromatic nitrogens is 5. The second kappa shape index (κ2) is 9.46. The normalized spacial score (nSPS) is 11.1. The first-order valence-corrected chi connectivity index (χ1v) is 11.4. The van der Waals surface area contributed by atoms with Crippen LogP contribution in [0.15, 0.2) is 88.7 Å². The van der Waals surface area contributed by atoms with E-state index >= 15 is 0 Å². The molecule has 0 radical (unpaired) electrons. The largest absolute Gasteiger partial charge is 0.348 e. The third-order valence-corrected chi connectivity index (χ3v) is 6.07. The standard InChI is InChI=1S/C27H24N6O3/c1-31-24-22(26(35)32(2)27(31)36)13-20(14-28-24)25(34)29-15-21-17-33(16-18-9-5-3-6-10-18)30-23(21)19-11-7-4-8-12-19/h3-14,17H,15-16H2,1-2H3,(H,29,34). The van der Waals surface area contributed by atoms with Crippen molar-refractivity contribution in [1.29, 1.82) is 0 Å². The number of rotatable bonds is 6. The Morgan fingerprint density at radius 1 is 0.944 bits per heavy atom. The maximum Gasteiger partial charge on any atom is 0.332 e. The lowest BCUT2D eigenvalue weighted by Gasteiger charge is -2.09. The second-order valence-corrected chi connectivity index (χ2v) is 8.54. The van der Waals surface area contributed by atoms with Crippen molar-refractivity contribution in [3.8, 4) is 11.3 Å². The van der Waals surface area contributed by atoms with Gasteiger partial charge in [-0.15, -0.1) is 0 Å². The number of carbonyl (C=O) groups is 1. The van der Waals surface area contributed by atoms with Crippen molar-refractivity contribution in [2.24, 2.45) is 14.1 Å². The van der Waals surface area contributed by atoms with E-state index in [4.69, 9.17) is 5.10 Å². The van der Waals surface area contributed by atoms with Gasteiger partial charge in [0.25, 0.3) is 11.5 Å². The molecule has 3 heterocycles. The average Bonchev–Trinajstić information content (AvgIpc) is 3.32. The summed E-state index contributed by atoms with van der Waals surface area (Å²) in [5.41, 5.74) is 3.20. The number of aryl methyl sites for hydroxylation is 1. The van der Waals surface area contributed by atoms with E-state index in [2.05, 4.69) is 10.3 Å². The second-order valence-electron chi connectivity index (χ2n) is 8.54. The van der Waals surface area contributed by atoms with E-state index in [9.17, 15) is 14.4 Å². The third-order valence-electron chi connectivity index (χ3n) is 6.07. The molecule has 9 nitrogen and oxygen atoms in total. The Morgan fingerprint density at radius 3 is 2.36 bits per heavy atom. The lowest BCUT2D eigenvalue weighted by Crippen LogP contribution is -2.37. The Morgan fingerprint density at radius 2 is 1.64 bits per heavy atom. The SMILES string of the molecule is Cn1c(=O)c2cc(C(=O)NCc3cn(Cc4ccccc4)nc3-c3ccccc3)cnc2n(C)c1=O. The van der Waals surface area contributed by atoms with E-state index in [1.165, 1.54) is 30.9 Å². The number of carbonyl (C=O) groups excluding carboxylic acids is 1. The van der Waals surface area contributed by atoms with E-state index in [0.717, 1.165) is 27.0 Å². The highest BCUT2D eigenvalue weighted by Crippen LogP contribution is 2.22. The van der Waals surface area contributed by atoms with Gasteiger partial charge in [0.15, 0.2) is 0 Å². The molecule has 36 heavy (non-hydrogen) atoms. The van der Waals surface area contributed by atoms with Crippen LogP contribution in [0.1, 0.15) is 21.5 Å². The molecule has 1 N–H and O–H groups in total. The summed E-state index contributed by atoms with van der Waals surface area (Å²) < 4.78 is 4.14. The van der Waals surface area contributed by atoms with E-state index in [-0.39, 0.29) is 29.0 Å². The van der Waals surface area contributed by atoms with Crippen molar-refractivity contribution in [2.75, 3.05) is 0 Å². The number of pyridine rings is 1. The Bertz CT molecular complexity index is 1680. The Hall–Kier alpha value is -4.79. The van der Waals surface area contributed by atoms with E-state index < -0.39 is 11.2 Å². The molecule has 1 amide bonds. The number of nitrogens with one attached hydrogen (secondary N) is 1. The minimum absolute atomic E-state index is 0.202. The van der Waals surface area contributed by atoms with Gasteiger partial charge in [-0.05, 0) is 11.6 Å². The van der Waals surface area contributed by atoms with Gasteiger partial charge < -0.3 is 5.32 Å². The van der Waals surface area contributed by atoms with Gasteiger partial charge in [-0.1, -0.05) is 60.7 Å². The molecule has 0 aliphatic carbocycles. The van der Waals surface area contributed by atoms with Crippen LogP contribution in [0.25, 0.3) is 22.3 Å². The van der Waals surface area contributed by atoms with Gasteiger partial charge in [0, 0.05) is 44.2 Å². The zero-order valence-electron chi connectivity index (χ0n) is 19.9. The number of hydrogen-bond acceptors (Lipinski definition) is 5. The maximum absolute atomic E-state index is 13.0. The maximum atomic E-state index is 13.0. The van der Waals surface area contributed by atoms with Gasteiger partial charge in [0.2, 0.25) is 0 Å². The van der Waals surface area contributed by atoms with Crippen LogP contribution in [0.5, 0.6) is 0 Å².